The van der Waals surface area contributed by atoms with Crippen molar-refractivity contribution in [2.45, 2.75) is 32.4 Å². The summed E-state index contributed by atoms with van der Waals surface area (Å²) in [5, 5.41) is 12.7. The second-order valence-electron chi connectivity index (χ2n) is 7.94. The number of cyclic esters (lactones) is 1. The molecule has 1 fully saturated rings. The summed E-state index contributed by atoms with van der Waals surface area (Å²) in [6.07, 6.45) is 0.279. The van der Waals surface area contributed by atoms with Crippen LogP contribution in [0.1, 0.15) is 41.4 Å². The maximum atomic E-state index is 12.3. The number of carboxylic acid groups (broad SMARTS) is 1. The zero-order chi connectivity index (χ0) is 20.7. The predicted molar refractivity (Wildman–Crippen MR) is 112 cm³/mol. The van der Waals surface area contributed by atoms with Crippen LogP contribution < -0.4 is 10.2 Å². The van der Waals surface area contributed by atoms with E-state index < -0.39 is 5.97 Å². The third-order valence-electron chi connectivity index (χ3n) is 5.63. The molecule has 4 rings (SSSR count). The maximum absolute atomic E-state index is 12.3. The monoisotopic (exact) mass is 392 g/mol. The van der Waals surface area contributed by atoms with Gasteiger partial charge in [0, 0.05) is 11.4 Å². The van der Waals surface area contributed by atoms with Crippen molar-refractivity contribution in [1.82, 2.24) is 0 Å². The number of carbonyl (C=O) groups is 2. The Morgan fingerprint density at radius 3 is 2.79 bits per heavy atom. The van der Waals surface area contributed by atoms with Gasteiger partial charge in [-0.3, -0.25) is 4.90 Å². The smallest absolute Gasteiger partial charge is 0.414 e. The van der Waals surface area contributed by atoms with Gasteiger partial charge in [-0.05, 0) is 59.4 Å². The Hall–Kier alpha value is -3.28. The molecule has 0 bridgehead atoms. The Kier molecular flexibility index (Phi) is 4.78. The molecule has 1 unspecified atom stereocenters. The van der Waals surface area contributed by atoms with Gasteiger partial charge >= 0.3 is 12.1 Å². The molecule has 1 saturated heterocycles. The van der Waals surface area contributed by atoms with Crippen LogP contribution in [0, 0.1) is 5.92 Å². The van der Waals surface area contributed by atoms with Gasteiger partial charge in [0.25, 0.3) is 0 Å². The summed E-state index contributed by atoms with van der Waals surface area (Å²) in [7, 11) is 0. The van der Waals surface area contributed by atoms with Crippen molar-refractivity contribution >= 4 is 23.4 Å². The summed E-state index contributed by atoms with van der Waals surface area (Å²) in [6, 6.07) is 12.9. The lowest BCUT2D eigenvalue weighted by Gasteiger charge is -2.31. The molecule has 0 aliphatic carbocycles. The van der Waals surface area contributed by atoms with Crippen molar-refractivity contribution < 1.29 is 19.4 Å². The zero-order valence-electron chi connectivity index (χ0n) is 16.5. The van der Waals surface area contributed by atoms with E-state index in [9.17, 15) is 14.7 Å². The fraction of sp³-hybridized carbons (Fsp3) is 0.304. The Morgan fingerprint density at radius 2 is 2.07 bits per heavy atom. The average Bonchev–Trinajstić information content (AvgIpc) is 3.08. The zero-order valence-corrected chi connectivity index (χ0v) is 16.5. The van der Waals surface area contributed by atoms with Crippen LogP contribution in [0.2, 0.25) is 0 Å². The number of hydrogen-bond acceptors (Lipinski definition) is 4. The highest BCUT2D eigenvalue weighted by Gasteiger charge is 2.36. The standard InChI is InChI=1S/C23H24N2O4/c1-13(2)20-12-29-23(28)25(20)18-6-4-5-15(11-18)21-14(3)9-17-10-16(22(26)27)7-8-19(17)24-21/h4-8,10-11,13,20-21,24H,3,9,12H2,1-2H3,(H,26,27)/t20-,21?/m1/s1. The maximum Gasteiger partial charge on any atom is 0.414 e. The minimum absolute atomic E-state index is 0.00966. The quantitative estimate of drug-likeness (QED) is 0.742. The first-order chi connectivity index (χ1) is 13.8. The number of hydrogen-bond donors (Lipinski definition) is 2. The van der Waals surface area contributed by atoms with E-state index in [0.717, 1.165) is 28.1 Å². The fourth-order valence-corrected chi connectivity index (χ4v) is 4.01. The average molecular weight is 392 g/mol. The Balaban J connectivity index is 1.64. The summed E-state index contributed by atoms with van der Waals surface area (Å²) >= 11 is 0. The van der Waals surface area contributed by atoms with Gasteiger partial charge in [-0.2, -0.15) is 0 Å². The topological polar surface area (TPSA) is 78.9 Å². The first-order valence-corrected chi connectivity index (χ1v) is 9.71. The van der Waals surface area contributed by atoms with Crippen LogP contribution in [0.4, 0.5) is 16.2 Å². The number of nitrogens with one attached hydrogen (secondary N) is 1. The molecule has 0 saturated carbocycles. The normalized spacial score (nSPS) is 21.0. The van der Waals surface area contributed by atoms with Crippen molar-refractivity contribution in [2.24, 2.45) is 5.92 Å². The Bertz CT molecular complexity index is 998. The van der Waals surface area contributed by atoms with E-state index >= 15 is 0 Å². The summed E-state index contributed by atoms with van der Waals surface area (Å²) < 4.78 is 5.28. The molecule has 2 aliphatic rings. The second-order valence-corrected chi connectivity index (χ2v) is 7.94. The van der Waals surface area contributed by atoms with Crippen LogP contribution in [0.5, 0.6) is 0 Å². The number of anilines is 2. The molecule has 2 N–H and O–H groups in total. The second kappa shape index (κ2) is 7.28. The van der Waals surface area contributed by atoms with Gasteiger partial charge in [0.1, 0.15) is 6.61 Å². The summed E-state index contributed by atoms with van der Waals surface area (Å²) in [6.45, 7) is 8.77. The van der Waals surface area contributed by atoms with Crippen LogP contribution in [0.25, 0.3) is 0 Å². The molecule has 0 spiro atoms. The number of rotatable bonds is 4. The van der Waals surface area contributed by atoms with Crippen molar-refractivity contribution in [1.29, 1.82) is 0 Å². The van der Waals surface area contributed by atoms with Crippen molar-refractivity contribution in [3.05, 3.63) is 71.3 Å². The molecule has 2 aromatic rings. The van der Waals surface area contributed by atoms with Gasteiger partial charge in [-0.15, -0.1) is 0 Å². The van der Waals surface area contributed by atoms with E-state index in [1.165, 1.54) is 0 Å². The molecule has 6 nitrogen and oxygen atoms in total. The number of ether oxygens (including phenoxy) is 1. The van der Waals surface area contributed by atoms with Gasteiger partial charge < -0.3 is 15.2 Å². The van der Waals surface area contributed by atoms with E-state index in [1.807, 2.05) is 24.3 Å². The first kappa shape index (κ1) is 19.1. The molecule has 2 heterocycles. The Morgan fingerprint density at radius 1 is 1.28 bits per heavy atom. The van der Waals surface area contributed by atoms with E-state index in [1.54, 1.807) is 23.1 Å². The van der Waals surface area contributed by atoms with Crippen molar-refractivity contribution in [3.63, 3.8) is 0 Å². The molecule has 0 aromatic heterocycles. The van der Waals surface area contributed by atoms with Crippen LogP contribution >= 0.6 is 0 Å². The summed E-state index contributed by atoms with van der Waals surface area (Å²) in [4.78, 5) is 25.3. The highest BCUT2D eigenvalue weighted by molar-refractivity contribution is 5.90. The van der Waals surface area contributed by atoms with Crippen LogP contribution in [-0.4, -0.2) is 29.8 Å². The van der Waals surface area contributed by atoms with E-state index in [2.05, 4.69) is 25.7 Å². The first-order valence-electron chi connectivity index (χ1n) is 9.71. The highest BCUT2D eigenvalue weighted by atomic mass is 16.6. The van der Waals surface area contributed by atoms with Gasteiger partial charge in [0.05, 0.1) is 17.6 Å². The molecule has 150 valence electrons. The molecule has 0 radical (unpaired) electrons. The number of carbonyl (C=O) groups excluding carboxylic acids is 1. The van der Waals surface area contributed by atoms with E-state index in [4.69, 9.17) is 4.74 Å². The minimum atomic E-state index is -0.939. The number of fused-ring (bicyclic) bond motifs is 1. The van der Waals surface area contributed by atoms with Crippen molar-refractivity contribution in [3.8, 4) is 0 Å². The van der Waals surface area contributed by atoms with Gasteiger partial charge in [0.2, 0.25) is 0 Å². The number of benzene rings is 2. The van der Waals surface area contributed by atoms with Crippen LogP contribution in [0.15, 0.2) is 54.6 Å². The summed E-state index contributed by atoms with van der Waals surface area (Å²) in [5.41, 5.74) is 4.85. The minimum Gasteiger partial charge on any atom is -0.478 e. The van der Waals surface area contributed by atoms with Crippen LogP contribution in [0.3, 0.4) is 0 Å². The van der Waals surface area contributed by atoms with E-state index in [0.29, 0.717) is 13.0 Å². The third-order valence-corrected chi connectivity index (χ3v) is 5.63. The SMILES string of the molecule is C=C1Cc2cc(C(=O)O)ccc2NC1c1cccc(N2C(=O)OC[C@@H]2C(C)C)c1. The van der Waals surface area contributed by atoms with Crippen LogP contribution in [-0.2, 0) is 11.2 Å². The number of amides is 1. The molecule has 29 heavy (non-hydrogen) atoms. The number of nitrogens with zero attached hydrogens (tertiary/aromatic N) is 1. The lowest BCUT2D eigenvalue weighted by atomic mass is 9.88. The van der Waals surface area contributed by atoms with E-state index in [-0.39, 0.29) is 29.7 Å². The number of aromatic carboxylic acids is 1. The lowest BCUT2D eigenvalue weighted by Crippen LogP contribution is -2.37. The number of carboxylic acids is 1. The van der Waals surface area contributed by atoms with Gasteiger partial charge in [0.15, 0.2) is 0 Å². The molecule has 2 aliphatic heterocycles. The van der Waals surface area contributed by atoms with Gasteiger partial charge in [-0.25, -0.2) is 9.59 Å². The molecule has 1 amide bonds. The molecular weight excluding hydrogens is 368 g/mol. The molecule has 6 heteroatoms. The van der Waals surface area contributed by atoms with Gasteiger partial charge in [-0.1, -0.05) is 32.6 Å². The highest BCUT2D eigenvalue weighted by Crippen LogP contribution is 2.38. The molecule has 2 atom stereocenters. The Labute approximate surface area is 169 Å². The lowest BCUT2D eigenvalue weighted by molar-refractivity contribution is 0.0696. The summed E-state index contributed by atoms with van der Waals surface area (Å²) in [5.74, 6) is -0.659. The fourth-order valence-electron chi connectivity index (χ4n) is 4.01. The van der Waals surface area contributed by atoms with Crippen molar-refractivity contribution in [2.75, 3.05) is 16.8 Å². The largest absolute Gasteiger partial charge is 0.478 e. The third kappa shape index (κ3) is 3.46. The molecule has 2 aromatic carbocycles. The predicted octanol–water partition coefficient (Wildman–Crippen LogP) is 4.63. The molecular formula is C23H24N2O4.